The van der Waals surface area contributed by atoms with Crippen LogP contribution >= 0.6 is 11.3 Å². The lowest BCUT2D eigenvalue weighted by Gasteiger charge is -2.34. The normalized spacial score (nSPS) is 15.0. The molecule has 2 aliphatic rings. The number of amides is 2. The fourth-order valence-electron chi connectivity index (χ4n) is 6.05. The number of anilines is 3. The van der Waals surface area contributed by atoms with E-state index in [9.17, 15) is 14.4 Å². The van der Waals surface area contributed by atoms with Gasteiger partial charge in [-0.25, -0.2) is 4.98 Å². The summed E-state index contributed by atoms with van der Waals surface area (Å²) < 4.78 is 1.52. The van der Waals surface area contributed by atoms with E-state index in [0.717, 1.165) is 53.2 Å². The van der Waals surface area contributed by atoms with Crippen molar-refractivity contribution in [2.75, 3.05) is 50.0 Å². The Balaban J connectivity index is 1.17. The molecular weight excluding hydrogens is 588 g/mol. The Kier molecular flexibility index (Phi) is 9.11. The zero-order valence-electron chi connectivity index (χ0n) is 25.6. The SMILES string of the molecule is Cc1c(NC(=O)c2cc3c(s2)CCCC3)cccc1-c1cc(Nc2ccc(C(=O)N3CCN(CCO)CC3)cn2)c(=O)n(C)c1. The molecule has 1 aliphatic carbocycles. The number of hydrogen-bond donors (Lipinski definition) is 3. The average molecular weight is 627 g/mol. The van der Waals surface area contributed by atoms with Gasteiger partial charge in [0.25, 0.3) is 17.4 Å². The van der Waals surface area contributed by atoms with Gasteiger partial charge in [-0.2, -0.15) is 0 Å². The molecule has 6 rings (SSSR count). The van der Waals surface area contributed by atoms with E-state index in [-0.39, 0.29) is 24.0 Å². The smallest absolute Gasteiger partial charge is 0.274 e. The first-order valence-corrected chi connectivity index (χ1v) is 16.2. The average Bonchev–Trinajstić information content (AvgIpc) is 3.50. The number of hydrogen-bond acceptors (Lipinski definition) is 8. The highest BCUT2D eigenvalue weighted by atomic mass is 32.1. The van der Waals surface area contributed by atoms with Crippen LogP contribution in [-0.4, -0.2) is 75.6 Å². The maximum atomic E-state index is 13.2. The molecule has 0 radical (unpaired) electrons. The quantitative estimate of drug-likeness (QED) is 0.265. The van der Waals surface area contributed by atoms with Crippen LogP contribution in [0.15, 0.2) is 59.7 Å². The number of nitrogens with one attached hydrogen (secondary N) is 2. The van der Waals surface area contributed by atoms with Gasteiger partial charge >= 0.3 is 0 Å². The number of pyridine rings is 2. The molecule has 3 N–H and O–H groups in total. The number of rotatable bonds is 8. The third kappa shape index (κ3) is 6.70. The van der Waals surface area contributed by atoms with Crippen LogP contribution in [0.25, 0.3) is 11.1 Å². The Morgan fingerprint density at radius 2 is 1.82 bits per heavy atom. The van der Waals surface area contributed by atoms with Gasteiger partial charge in [0.05, 0.1) is 17.0 Å². The fourth-order valence-corrected chi connectivity index (χ4v) is 7.20. The Morgan fingerprint density at radius 1 is 1.02 bits per heavy atom. The summed E-state index contributed by atoms with van der Waals surface area (Å²) in [5, 5.41) is 15.4. The molecule has 234 valence electrons. The topological polar surface area (TPSA) is 120 Å². The summed E-state index contributed by atoms with van der Waals surface area (Å²) in [4.78, 5) is 49.7. The third-order valence-electron chi connectivity index (χ3n) is 8.65. The summed E-state index contributed by atoms with van der Waals surface area (Å²) in [5.74, 6) is 0.260. The molecule has 1 fully saturated rings. The largest absolute Gasteiger partial charge is 0.395 e. The zero-order chi connectivity index (χ0) is 31.5. The Labute approximate surface area is 266 Å². The molecule has 2 amide bonds. The molecule has 1 aliphatic heterocycles. The highest BCUT2D eigenvalue weighted by Crippen LogP contribution is 2.32. The number of aliphatic hydroxyl groups excluding tert-OH is 1. The number of thiophene rings is 1. The molecule has 3 aromatic heterocycles. The van der Waals surface area contributed by atoms with Gasteiger partial charge in [0, 0.05) is 68.3 Å². The minimum Gasteiger partial charge on any atom is -0.395 e. The van der Waals surface area contributed by atoms with E-state index in [0.29, 0.717) is 36.7 Å². The van der Waals surface area contributed by atoms with Gasteiger partial charge in [0.15, 0.2) is 0 Å². The highest BCUT2D eigenvalue weighted by molar-refractivity contribution is 7.14. The van der Waals surface area contributed by atoms with E-state index in [4.69, 9.17) is 5.11 Å². The maximum Gasteiger partial charge on any atom is 0.274 e. The molecule has 0 unspecified atom stereocenters. The first-order valence-electron chi connectivity index (χ1n) is 15.4. The second-order valence-electron chi connectivity index (χ2n) is 11.7. The second kappa shape index (κ2) is 13.4. The molecule has 1 saturated heterocycles. The van der Waals surface area contributed by atoms with Gasteiger partial charge in [-0.15, -0.1) is 11.3 Å². The van der Waals surface area contributed by atoms with Crippen LogP contribution in [-0.2, 0) is 19.9 Å². The van der Waals surface area contributed by atoms with Crippen molar-refractivity contribution in [2.24, 2.45) is 7.05 Å². The van der Waals surface area contributed by atoms with Crippen LogP contribution in [0.2, 0.25) is 0 Å². The Bertz CT molecular complexity index is 1750. The van der Waals surface area contributed by atoms with Crippen LogP contribution in [0.5, 0.6) is 0 Å². The minimum absolute atomic E-state index is 0.0864. The molecule has 0 saturated carbocycles. The number of benzene rings is 1. The van der Waals surface area contributed by atoms with Crippen molar-refractivity contribution in [3.63, 3.8) is 0 Å². The molecular formula is C34H38N6O4S. The van der Waals surface area contributed by atoms with E-state index < -0.39 is 0 Å². The second-order valence-corrected chi connectivity index (χ2v) is 12.8. The minimum atomic E-state index is -0.217. The zero-order valence-corrected chi connectivity index (χ0v) is 26.5. The molecule has 4 aromatic rings. The number of aromatic nitrogens is 2. The van der Waals surface area contributed by atoms with E-state index in [1.165, 1.54) is 34.0 Å². The van der Waals surface area contributed by atoms with Gasteiger partial charge in [-0.05, 0) is 79.6 Å². The van der Waals surface area contributed by atoms with Gasteiger partial charge in [-0.3, -0.25) is 19.3 Å². The van der Waals surface area contributed by atoms with Crippen LogP contribution in [0, 0.1) is 6.92 Å². The molecule has 0 spiro atoms. The first-order chi connectivity index (χ1) is 21.8. The van der Waals surface area contributed by atoms with Crippen LogP contribution in [0.4, 0.5) is 17.2 Å². The van der Waals surface area contributed by atoms with Crippen molar-refractivity contribution in [2.45, 2.75) is 32.6 Å². The fraction of sp³-hybridized carbons (Fsp3) is 0.353. The molecule has 0 atom stereocenters. The van der Waals surface area contributed by atoms with Crippen LogP contribution in [0.3, 0.4) is 0 Å². The number of piperazine rings is 1. The third-order valence-corrected chi connectivity index (χ3v) is 9.88. The lowest BCUT2D eigenvalue weighted by Crippen LogP contribution is -2.49. The highest BCUT2D eigenvalue weighted by Gasteiger charge is 2.22. The van der Waals surface area contributed by atoms with Crippen molar-refractivity contribution in [3.8, 4) is 11.1 Å². The molecule has 11 heteroatoms. The Hall–Kier alpha value is -4.32. The number of carbonyl (C=O) groups is 2. The molecule has 4 heterocycles. The van der Waals surface area contributed by atoms with Crippen molar-refractivity contribution in [1.82, 2.24) is 19.4 Å². The van der Waals surface area contributed by atoms with Gasteiger partial charge < -0.3 is 25.2 Å². The monoisotopic (exact) mass is 626 g/mol. The number of aryl methyl sites for hydroxylation is 3. The van der Waals surface area contributed by atoms with Crippen molar-refractivity contribution >= 4 is 40.3 Å². The van der Waals surface area contributed by atoms with Crippen molar-refractivity contribution in [3.05, 3.63) is 91.7 Å². The van der Waals surface area contributed by atoms with Crippen LogP contribution < -0.4 is 16.2 Å². The van der Waals surface area contributed by atoms with E-state index in [2.05, 4.69) is 20.5 Å². The molecule has 45 heavy (non-hydrogen) atoms. The van der Waals surface area contributed by atoms with Crippen molar-refractivity contribution in [1.29, 1.82) is 0 Å². The number of β-amino-alcohol motifs (C(OH)–C–C–N with tert-alkyl or cyclic N) is 1. The molecule has 1 aromatic carbocycles. The summed E-state index contributed by atoms with van der Waals surface area (Å²) >= 11 is 1.59. The van der Waals surface area contributed by atoms with E-state index in [1.807, 2.05) is 31.2 Å². The summed E-state index contributed by atoms with van der Waals surface area (Å²) in [7, 11) is 1.70. The molecule has 0 bridgehead atoms. The van der Waals surface area contributed by atoms with Crippen molar-refractivity contribution < 1.29 is 14.7 Å². The lowest BCUT2D eigenvalue weighted by molar-refractivity contribution is 0.0614. The maximum absolute atomic E-state index is 13.2. The van der Waals surface area contributed by atoms with E-state index in [1.54, 1.807) is 47.7 Å². The summed E-state index contributed by atoms with van der Waals surface area (Å²) in [6.07, 6.45) is 7.75. The molecule has 10 nitrogen and oxygen atoms in total. The summed E-state index contributed by atoms with van der Waals surface area (Å²) in [6.45, 7) is 5.34. The number of nitrogens with zero attached hydrogens (tertiary/aromatic N) is 4. The van der Waals surface area contributed by atoms with Gasteiger partial charge in [-0.1, -0.05) is 12.1 Å². The lowest BCUT2D eigenvalue weighted by atomic mass is 9.99. The Morgan fingerprint density at radius 3 is 2.56 bits per heavy atom. The predicted molar refractivity (Wildman–Crippen MR) is 178 cm³/mol. The first kappa shape index (κ1) is 30.7. The summed E-state index contributed by atoms with van der Waals surface area (Å²) in [6, 6.07) is 13.0. The van der Waals surface area contributed by atoms with E-state index >= 15 is 0 Å². The number of carbonyl (C=O) groups excluding carboxylic acids is 2. The predicted octanol–water partition coefficient (Wildman–Crippen LogP) is 4.44. The van der Waals surface area contributed by atoms with Gasteiger partial charge in [0.1, 0.15) is 11.5 Å². The summed E-state index contributed by atoms with van der Waals surface area (Å²) in [5.41, 5.74) is 5.24. The number of fused-ring (bicyclic) bond motifs is 1. The van der Waals surface area contributed by atoms with Crippen LogP contribution in [0.1, 0.15) is 48.9 Å². The standard InChI is InChI=1S/C34H38N6O4S/c1-22-26(7-5-8-27(22)37-32(42)30-19-23-6-3-4-9-29(23)45-30)25-18-28(34(44)38(2)21-25)36-31-11-10-24(20-35-31)33(43)40-14-12-39(13-15-40)16-17-41/h5,7-8,10-11,18-21,41H,3-4,6,9,12-17H2,1-2H3,(H,35,36)(H,37,42). The van der Waals surface area contributed by atoms with Gasteiger partial charge in [0.2, 0.25) is 0 Å². The number of aliphatic hydroxyl groups is 1.